The fourth-order valence-corrected chi connectivity index (χ4v) is 2.19. The molecule has 0 aliphatic heterocycles. The third kappa shape index (κ3) is 2.70. The van der Waals surface area contributed by atoms with Crippen LogP contribution in [-0.4, -0.2) is 36.1 Å². The van der Waals surface area contributed by atoms with Crippen LogP contribution in [0.1, 0.15) is 23.4 Å². The predicted octanol–water partition coefficient (Wildman–Crippen LogP) is 1.21. The Morgan fingerprint density at radius 2 is 2.05 bits per heavy atom. The first-order chi connectivity index (χ1) is 9.74. The molecule has 3 rings (SSSR count). The molecule has 6 nitrogen and oxygen atoms in total. The number of pyridine rings is 1. The van der Waals surface area contributed by atoms with E-state index in [1.807, 2.05) is 22.9 Å². The second kappa shape index (κ2) is 5.42. The van der Waals surface area contributed by atoms with Crippen molar-refractivity contribution in [1.29, 1.82) is 0 Å². The fraction of sp³-hybridized carbons (Fsp3) is 0.357. The first-order valence-electron chi connectivity index (χ1n) is 6.69. The summed E-state index contributed by atoms with van der Waals surface area (Å²) in [5, 5.41) is 17.0. The van der Waals surface area contributed by atoms with Gasteiger partial charge in [0.1, 0.15) is 5.65 Å². The smallest absolute Gasteiger partial charge is 0.137 e. The lowest BCUT2D eigenvalue weighted by Gasteiger charge is -1.94. The molecule has 0 saturated carbocycles. The SMILES string of the molecule is Cc1ccc2nc(Cn3cc(CCCO)nn3)cn2c1. The van der Waals surface area contributed by atoms with Crippen molar-refractivity contribution >= 4 is 5.65 Å². The third-order valence-corrected chi connectivity index (χ3v) is 3.15. The van der Waals surface area contributed by atoms with Crippen LogP contribution in [0.3, 0.4) is 0 Å². The van der Waals surface area contributed by atoms with E-state index >= 15 is 0 Å². The number of rotatable bonds is 5. The molecule has 6 heteroatoms. The second-order valence-electron chi connectivity index (χ2n) is 4.94. The molecule has 3 aromatic heterocycles. The summed E-state index contributed by atoms with van der Waals surface area (Å²) < 4.78 is 3.80. The van der Waals surface area contributed by atoms with Gasteiger partial charge < -0.3 is 9.51 Å². The molecule has 0 spiro atoms. The molecule has 1 N–H and O–H groups in total. The Morgan fingerprint density at radius 1 is 1.15 bits per heavy atom. The van der Waals surface area contributed by atoms with Crippen molar-refractivity contribution in [3.8, 4) is 0 Å². The average molecular weight is 271 g/mol. The van der Waals surface area contributed by atoms with Crippen LogP contribution in [-0.2, 0) is 13.0 Å². The van der Waals surface area contributed by atoms with Gasteiger partial charge in [-0.25, -0.2) is 9.67 Å². The van der Waals surface area contributed by atoms with Crippen LogP contribution in [0.15, 0.2) is 30.7 Å². The number of hydrogen-bond donors (Lipinski definition) is 1. The lowest BCUT2D eigenvalue weighted by molar-refractivity contribution is 0.288. The Bertz CT molecular complexity index is 715. The monoisotopic (exact) mass is 271 g/mol. The van der Waals surface area contributed by atoms with E-state index in [0.29, 0.717) is 13.0 Å². The van der Waals surface area contributed by atoms with Crippen LogP contribution in [0.4, 0.5) is 0 Å². The van der Waals surface area contributed by atoms with Gasteiger partial charge in [-0.15, -0.1) is 5.10 Å². The van der Waals surface area contributed by atoms with Crippen molar-refractivity contribution in [1.82, 2.24) is 24.4 Å². The number of aryl methyl sites for hydroxylation is 2. The minimum absolute atomic E-state index is 0.179. The molecule has 3 aromatic rings. The lowest BCUT2D eigenvalue weighted by atomic mass is 10.3. The van der Waals surface area contributed by atoms with E-state index in [-0.39, 0.29) is 6.61 Å². The highest BCUT2D eigenvalue weighted by atomic mass is 16.2. The number of nitrogens with zero attached hydrogens (tertiary/aromatic N) is 5. The number of aromatic nitrogens is 5. The molecule has 3 heterocycles. The number of aliphatic hydroxyl groups is 1. The molecule has 104 valence electrons. The van der Waals surface area contributed by atoms with Crippen LogP contribution in [0.2, 0.25) is 0 Å². The van der Waals surface area contributed by atoms with Gasteiger partial charge in [-0.3, -0.25) is 0 Å². The quantitative estimate of drug-likeness (QED) is 0.757. The maximum Gasteiger partial charge on any atom is 0.137 e. The number of fused-ring (bicyclic) bond motifs is 1. The standard InChI is InChI=1S/C14H17N5O/c1-11-4-5-14-15-13(8-18(14)7-11)10-19-9-12(16-17-19)3-2-6-20/h4-5,7-9,20H,2-3,6,10H2,1H3. The summed E-state index contributed by atoms with van der Waals surface area (Å²) in [6.45, 7) is 2.84. The molecule has 20 heavy (non-hydrogen) atoms. The Kier molecular flexibility index (Phi) is 3.47. The van der Waals surface area contributed by atoms with Crippen molar-refractivity contribution in [3.05, 3.63) is 47.7 Å². The molecule has 0 fully saturated rings. The molecule has 0 atom stereocenters. The Morgan fingerprint density at radius 3 is 2.90 bits per heavy atom. The topological polar surface area (TPSA) is 68.2 Å². The first-order valence-corrected chi connectivity index (χ1v) is 6.69. The van der Waals surface area contributed by atoms with E-state index in [1.165, 1.54) is 5.56 Å². The normalized spacial score (nSPS) is 11.3. The van der Waals surface area contributed by atoms with Gasteiger partial charge in [-0.1, -0.05) is 11.3 Å². The van der Waals surface area contributed by atoms with Crippen LogP contribution < -0.4 is 0 Å². The zero-order valence-electron chi connectivity index (χ0n) is 11.4. The molecular weight excluding hydrogens is 254 g/mol. The van der Waals surface area contributed by atoms with Crippen LogP contribution in [0, 0.1) is 6.92 Å². The van der Waals surface area contributed by atoms with Crippen molar-refractivity contribution in [2.75, 3.05) is 6.61 Å². The van der Waals surface area contributed by atoms with E-state index in [0.717, 1.165) is 23.5 Å². The maximum atomic E-state index is 8.80. The van der Waals surface area contributed by atoms with Gasteiger partial charge in [-0.2, -0.15) is 0 Å². The van der Waals surface area contributed by atoms with Gasteiger partial charge in [0.05, 0.1) is 17.9 Å². The molecule has 0 radical (unpaired) electrons. The summed E-state index contributed by atoms with van der Waals surface area (Å²) in [6, 6.07) is 4.06. The van der Waals surface area contributed by atoms with Crippen LogP contribution in [0.25, 0.3) is 5.65 Å². The van der Waals surface area contributed by atoms with E-state index in [4.69, 9.17) is 5.11 Å². The molecule has 0 aromatic carbocycles. The van der Waals surface area contributed by atoms with Crippen molar-refractivity contribution in [3.63, 3.8) is 0 Å². The maximum absolute atomic E-state index is 8.80. The highest BCUT2D eigenvalue weighted by Gasteiger charge is 2.05. The fourth-order valence-electron chi connectivity index (χ4n) is 2.19. The van der Waals surface area contributed by atoms with Gasteiger partial charge in [0.2, 0.25) is 0 Å². The Labute approximate surface area is 116 Å². The first kappa shape index (κ1) is 12.8. The largest absolute Gasteiger partial charge is 0.396 e. The zero-order chi connectivity index (χ0) is 13.9. The molecule has 0 saturated heterocycles. The molecule has 0 aliphatic carbocycles. The minimum Gasteiger partial charge on any atom is -0.396 e. The Balaban J connectivity index is 1.76. The summed E-state index contributed by atoms with van der Waals surface area (Å²) in [6.07, 6.45) is 7.44. The number of imidazole rings is 1. The molecule has 0 amide bonds. The van der Waals surface area contributed by atoms with Crippen LogP contribution >= 0.6 is 0 Å². The van der Waals surface area contributed by atoms with Crippen molar-refractivity contribution in [2.24, 2.45) is 0 Å². The van der Waals surface area contributed by atoms with Crippen LogP contribution in [0.5, 0.6) is 0 Å². The van der Waals surface area contributed by atoms with E-state index in [9.17, 15) is 0 Å². The second-order valence-corrected chi connectivity index (χ2v) is 4.94. The molecular formula is C14H17N5O. The third-order valence-electron chi connectivity index (χ3n) is 3.15. The molecule has 0 bridgehead atoms. The lowest BCUT2D eigenvalue weighted by Crippen LogP contribution is -2.00. The summed E-state index contributed by atoms with van der Waals surface area (Å²) in [5.41, 5.74) is 3.99. The van der Waals surface area contributed by atoms with Crippen molar-refractivity contribution < 1.29 is 5.11 Å². The number of hydrogen-bond acceptors (Lipinski definition) is 4. The summed E-state index contributed by atoms with van der Waals surface area (Å²) in [5.74, 6) is 0. The zero-order valence-corrected chi connectivity index (χ0v) is 11.4. The predicted molar refractivity (Wildman–Crippen MR) is 74.5 cm³/mol. The van der Waals surface area contributed by atoms with Gasteiger partial charge in [0.25, 0.3) is 0 Å². The average Bonchev–Trinajstić information content (AvgIpc) is 3.02. The summed E-state index contributed by atoms with van der Waals surface area (Å²) in [4.78, 5) is 4.55. The van der Waals surface area contributed by atoms with Gasteiger partial charge in [0, 0.05) is 25.2 Å². The molecule has 0 unspecified atom stereocenters. The number of aliphatic hydroxyl groups excluding tert-OH is 1. The summed E-state index contributed by atoms with van der Waals surface area (Å²) >= 11 is 0. The molecule has 0 aliphatic rings. The summed E-state index contributed by atoms with van der Waals surface area (Å²) in [7, 11) is 0. The minimum atomic E-state index is 0.179. The van der Waals surface area contributed by atoms with E-state index in [1.54, 1.807) is 4.68 Å². The van der Waals surface area contributed by atoms with Gasteiger partial charge >= 0.3 is 0 Å². The van der Waals surface area contributed by atoms with E-state index < -0.39 is 0 Å². The van der Waals surface area contributed by atoms with Crippen molar-refractivity contribution in [2.45, 2.75) is 26.3 Å². The van der Waals surface area contributed by atoms with E-state index in [2.05, 4.69) is 34.5 Å². The van der Waals surface area contributed by atoms with Gasteiger partial charge in [0.15, 0.2) is 0 Å². The van der Waals surface area contributed by atoms with Gasteiger partial charge in [-0.05, 0) is 31.4 Å². The highest BCUT2D eigenvalue weighted by Crippen LogP contribution is 2.08. The Hall–Kier alpha value is -2.21. The highest BCUT2D eigenvalue weighted by molar-refractivity contribution is 5.41.